The van der Waals surface area contributed by atoms with Crippen molar-refractivity contribution in [2.24, 2.45) is 5.41 Å². The van der Waals surface area contributed by atoms with Gasteiger partial charge in [-0.05, 0) is 44.3 Å². The topological polar surface area (TPSA) is 40.5 Å². The quantitative estimate of drug-likeness (QED) is 0.669. The van der Waals surface area contributed by atoms with E-state index >= 15 is 0 Å². The fourth-order valence-electron chi connectivity index (χ4n) is 2.48. The van der Waals surface area contributed by atoms with Gasteiger partial charge in [-0.25, -0.2) is 0 Å². The molecule has 0 aliphatic carbocycles. The molecule has 3 heteroatoms. The maximum Gasteiger partial charge on any atom is 0.303 e. The summed E-state index contributed by atoms with van der Waals surface area (Å²) < 4.78 is 0. The lowest BCUT2D eigenvalue weighted by atomic mass is 9.70. The summed E-state index contributed by atoms with van der Waals surface area (Å²) in [6.45, 7) is 3.35. The lowest BCUT2D eigenvalue weighted by Crippen LogP contribution is -2.48. The van der Waals surface area contributed by atoms with Crippen molar-refractivity contribution in [1.29, 1.82) is 0 Å². The summed E-state index contributed by atoms with van der Waals surface area (Å²) in [6, 6.07) is 0. The number of nitrogens with zero attached hydrogens (tertiary/aromatic N) is 1. The SMILES string of the molecule is O=C(O)CC12CCN(CC1)CC2. The molecule has 3 nitrogen and oxygen atoms in total. The molecule has 0 unspecified atom stereocenters. The predicted octanol–water partition coefficient (Wildman–Crippen LogP) is 0.947. The molecule has 0 aromatic carbocycles. The largest absolute Gasteiger partial charge is 0.481 e. The summed E-state index contributed by atoms with van der Waals surface area (Å²) in [5.74, 6) is -0.620. The molecule has 12 heavy (non-hydrogen) atoms. The van der Waals surface area contributed by atoms with Crippen LogP contribution in [0.15, 0.2) is 0 Å². The van der Waals surface area contributed by atoms with Gasteiger partial charge in [-0.3, -0.25) is 4.79 Å². The van der Waals surface area contributed by atoms with E-state index in [-0.39, 0.29) is 5.41 Å². The highest BCUT2D eigenvalue weighted by atomic mass is 16.4. The van der Waals surface area contributed by atoms with Crippen molar-refractivity contribution < 1.29 is 9.90 Å². The van der Waals surface area contributed by atoms with E-state index in [1.165, 1.54) is 0 Å². The van der Waals surface area contributed by atoms with Crippen molar-refractivity contribution in [2.75, 3.05) is 19.6 Å². The molecule has 0 radical (unpaired) electrons. The lowest BCUT2D eigenvalue weighted by Gasteiger charge is -2.47. The van der Waals surface area contributed by atoms with Crippen molar-refractivity contribution in [3.05, 3.63) is 0 Å². The van der Waals surface area contributed by atoms with Gasteiger partial charge in [0.1, 0.15) is 0 Å². The highest BCUT2D eigenvalue weighted by molar-refractivity contribution is 5.67. The standard InChI is InChI=1S/C9H15NO2/c11-8(12)7-9-1-4-10(5-2-9)6-3-9/h1-7H2,(H,11,12). The highest BCUT2D eigenvalue weighted by Gasteiger charge is 2.40. The molecule has 3 heterocycles. The minimum atomic E-state index is -0.620. The number of aliphatic carboxylic acids is 1. The molecule has 3 aliphatic rings. The fraction of sp³-hybridized carbons (Fsp3) is 0.889. The van der Waals surface area contributed by atoms with Gasteiger partial charge < -0.3 is 10.0 Å². The van der Waals surface area contributed by atoms with Crippen molar-refractivity contribution in [3.8, 4) is 0 Å². The highest BCUT2D eigenvalue weighted by Crippen LogP contribution is 2.42. The second-order valence-corrected chi connectivity index (χ2v) is 4.16. The molecule has 3 saturated heterocycles. The van der Waals surface area contributed by atoms with Gasteiger partial charge in [0.2, 0.25) is 0 Å². The Hall–Kier alpha value is -0.570. The van der Waals surface area contributed by atoms with Crippen LogP contribution < -0.4 is 0 Å². The molecule has 3 fully saturated rings. The molecule has 0 amide bonds. The molecular formula is C9H15NO2. The van der Waals surface area contributed by atoms with E-state index in [0.717, 1.165) is 38.9 Å². The van der Waals surface area contributed by atoms with Gasteiger partial charge in [0.25, 0.3) is 0 Å². The average molecular weight is 169 g/mol. The van der Waals surface area contributed by atoms with Crippen LogP contribution >= 0.6 is 0 Å². The fourth-order valence-corrected chi connectivity index (χ4v) is 2.48. The third-order valence-corrected chi connectivity index (χ3v) is 3.40. The van der Waals surface area contributed by atoms with Gasteiger partial charge in [0.05, 0.1) is 6.42 Å². The minimum absolute atomic E-state index is 0.167. The normalized spacial score (nSPS) is 39.8. The third-order valence-electron chi connectivity index (χ3n) is 3.40. The second kappa shape index (κ2) is 2.73. The number of carboxylic acid groups (broad SMARTS) is 1. The monoisotopic (exact) mass is 169 g/mol. The summed E-state index contributed by atoms with van der Waals surface area (Å²) in [6.07, 6.45) is 3.68. The van der Waals surface area contributed by atoms with Crippen LogP contribution in [0.5, 0.6) is 0 Å². The van der Waals surface area contributed by atoms with Crippen molar-refractivity contribution in [3.63, 3.8) is 0 Å². The zero-order valence-corrected chi connectivity index (χ0v) is 7.25. The Labute approximate surface area is 72.4 Å². The molecule has 0 aromatic heterocycles. The van der Waals surface area contributed by atoms with Gasteiger partial charge in [0, 0.05) is 0 Å². The summed E-state index contributed by atoms with van der Waals surface area (Å²) in [5, 5.41) is 8.77. The van der Waals surface area contributed by atoms with E-state index in [4.69, 9.17) is 5.11 Å². The third kappa shape index (κ3) is 1.33. The maximum atomic E-state index is 10.6. The van der Waals surface area contributed by atoms with Gasteiger partial charge >= 0.3 is 5.97 Å². The summed E-state index contributed by atoms with van der Waals surface area (Å²) in [5.41, 5.74) is 0.167. The first-order valence-corrected chi connectivity index (χ1v) is 4.64. The van der Waals surface area contributed by atoms with Crippen LogP contribution in [0.3, 0.4) is 0 Å². The van der Waals surface area contributed by atoms with Crippen LogP contribution in [0.4, 0.5) is 0 Å². The zero-order chi connectivity index (χ0) is 8.60. The van der Waals surface area contributed by atoms with Crippen LogP contribution in [-0.2, 0) is 4.79 Å². The molecule has 68 valence electrons. The molecular weight excluding hydrogens is 154 g/mol. The van der Waals surface area contributed by atoms with E-state index in [0.29, 0.717) is 6.42 Å². The number of hydrogen-bond donors (Lipinski definition) is 1. The molecule has 3 rings (SSSR count). The smallest absolute Gasteiger partial charge is 0.303 e. The molecule has 0 spiro atoms. The number of fused-ring (bicyclic) bond motifs is 3. The van der Waals surface area contributed by atoms with Crippen LogP contribution in [0.2, 0.25) is 0 Å². The Balaban J connectivity index is 2.03. The predicted molar refractivity (Wildman–Crippen MR) is 45.0 cm³/mol. The van der Waals surface area contributed by atoms with E-state index < -0.39 is 5.97 Å². The first-order chi connectivity index (χ1) is 5.70. The van der Waals surface area contributed by atoms with Crippen molar-refractivity contribution in [1.82, 2.24) is 4.90 Å². The van der Waals surface area contributed by atoms with Crippen LogP contribution in [0.25, 0.3) is 0 Å². The summed E-state index contributed by atoms with van der Waals surface area (Å²) in [4.78, 5) is 13.1. The second-order valence-electron chi connectivity index (χ2n) is 4.16. The first kappa shape index (κ1) is 8.05. The van der Waals surface area contributed by atoms with E-state index in [1.54, 1.807) is 0 Å². The Morgan fingerprint density at radius 1 is 1.25 bits per heavy atom. The van der Waals surface area contributed by atoms with Crippen LogP contribution in [0, 0.1) is 5.41 Å². The number of carboxylic acids is 1. The van der Waals surface area contributed by atoms with Gasteiger partial charge in [0.15, 0.2) is 0 Å². The van der Waals surface area contributed by atoms with Crippen LogP contribution in [-0.4, -0.2) is 35.6 Å². The average Bonchev–Trinajstić information content (AvgIpc) is 2.05. The number of hydrogen-bond acceptors (Lipinski definition) is 2. The van der Waals surface area contributed by atoms with E-state index in [1.807, 2.05) is 0 Å². The van der Waals surface area contributed by atoms with Gasteiger partial charge in [-0.1, -0.05) is 0 Å². The Bertz CT molecular complexity index is 181. The van der Waals surface area contributed by atoms with E-state index in [2.05, 4.69) is 4.90 Å². The van der Waals surface area contributed by atoms with Gasteiger partial charge in [-0.15, -0.1) is 0 Å². The van der Waals surface area contributed by atoms with Crippen molar-refractivity contribution in [2.45, 2.75) is 25.7 Å². The molecule has 2 bridgehead atoms. The molecule has 3 aliphatic heterocycles. The minimum Gasteiger partial charge on any atom is -0.481 e. The molecule has 0 aromatic rings. The first-order valence-electron chi connectivity index (χ1n) is 4.64. The van der Waals surface area contributed by atoms with Crippen LogP contribution in [0.1, 0.15) is 25.7 Å². The number of carbonyl (C=O) groups is 1. The Kier molecular flexibility index (Phi) is 1.83. The molecule has 1 N–H and O–H groups in total. The summed E-state index contributed by atoms with van der Waals surface area (Å²) >= 11 is 0. The maximum absolute atomic E-state index is 10.6. The molecule has 0 atom stereocenters. The van der Waals surface area contributed by atoms with Gasteiger partial charge in [-0.2, -0.15) is 0 Å². The zero-order valence-electron chi connectivity index (χ0n) is 7.25. The Morgan fingerprint density at radius 3 is 2.17 bits per heavy atom. The Morgan fingerprint density at radius 2 is 1.75 bits per heavy atom. The molecule has 0 saturated carbocycles. The summed E-state index contributed by atoms with van der Waals surface area (Å²) in [7, 11) is 0. The van der Waals surface area contributed by atoms with Crippen molar-refractivity contribution >= 4 is 5.97 Å². The number of piperidine rings is 3. The lowest BCUT2D eigenvalue weighted by molar-refractivity contribution is -0.142. The number of rotatable bonds is 2. The van der Waals surface area contributed by atoms with E-state index in [9.17, 15) is 4.79 Å².